The molecule has 6 nitrogen and oxygen atoms in total. The highest BCUT2D eigenvalue weighted by atomic mass is 32.2. The topological polar surface area (TPSA) is 104 Å². The SMILES string of the molecule is CC(O)CNCCNc1ccc(S(N)(=O)=O)cc1F. The average molecular weight is 291 g/mol. The van der Waals surface area contributed by atoms with Gasteiger partial charge in [-0.05, 0) is 25.1 Å². The molecule has 1 aromatic carbocycles. The number of benzene rings is 1. The summed E-state index contributed by atoms with van der Waals surface area (Å²) < 4.78 is 35.6. The van der Waals surface area contributed by atoms with E-state index in [0.29, 0.717) is 19.6 Å². The van der Waals surface area contributed by atoms with Crippen LogP contribution in [-0.2, 0) is 10.0 Å². The van der Waals surface area contributed by atoms with Crippen molar-refractivity contribution in [1.82, 2.24) is 5.32 Å². The van der Waals surface area contributed by atoms with Crippen molar-refractivity contribution < 1.29 is 17.9 Å². The lowest BCUT2D eigenvalue weighted by Gasteiger charge is -2.10. The van der Waals surface area contributed by atoms with Crippen LogP contribution in [0.2, 0.25) is 0 Å². The summed E-state index contributed by atoms with van der Waals surface area (Å²) >= 11 is 0. The van der Waals surface area contributed by atoms with Gasteiger partial charge in [0.1, 0.15) is 5.82 Å². The maximum Gasteiger partial charge on any atom is 0.238 e. The van der Waals surface area contributed by atoms with Gasteiger partial charge in [-0.1, -0.05) is 0 Å². The molecule has 0 aromatic heterocycles. The zero-order chi connectivity index (χ0) is 14.5. The van der Waals surface area contributed by atoms with Gasteiger partial charge in [0.15, 0.2) is 0 Å². The molecule has 0 heterocycles. The molecule has 1 atom stereocenters. The van der Waals surface area contributed by atoms with Gasteiger partial charge in [0.2, 0.25) is 10.0 Å². The van der Waals surface area contributed by atoms with Gasteiger partial charge in [0.25, 0.3) is 0 Å². The van der Waals surface area contributed by atoms with E-state index in [2.05, 4.69) is 10.6 Å². The molecule has 0 saturated carbocycles. The molecular weight excluding hydrogens is 273 g/mol. The van der Waals surface area contributed by atoms with Crippen molar-refractivity contribution in [2.45, 2.75) is 17.9 Å². The summed E-state index contributed by atoms with van der Waals surface area (Å²) in [6.45, 7) is 3.10. The summed E-state index contributed by atoms with van der Waals surface area (Å²) in [5.74, 6) is -0.679. The highest BCUT2D eigenvalue weighted by Gasteiger charge is 2.11. The molecule has 0 aliphatic carbocycles. The van der Waals surface area contributed by atoms with Crippen LogP contribution in [0.1, 0.15) is 6.92 Å². The first-order valence-electron chi connectivity index (χ1n) is 5.75. The number of hydrogen-bond acceptors (Lipinski definition) is 5. The fraction of sp³-hybridized carbons (Fsp3) is 0.455. The lowest BCUT2D eigenvalue weighted by Crippen LogP contribution is -2.29. The predicted molar refractivity (Wildman–Crippen MR) is 70.8 cm³/mol. The Bertz CT molecular complexity index is 520. The molecule has 1 aromatic rings. The minimum absolute atomic E-state index is 0.200. The molecule has 0 spiro atoms. The van der Waals surface area contributed by atoms with Crippen LogP contribution in [0.5, 0.6) is 0 Å². The zero-order valence-electron chi connectivity index (χ0n) is 10.6. The van der Waals surface area contributed by atoms with Crippen molar-refractivity contribution in [1.29, 1.82) is 0 Å². The first kappa shape index (κ1) is 15.8. The van der Waals surface area contributed by atoms with Gasteiger partial charge in [0.05, 0.1) is 16.7 Å². The van der Waals surface area contributed by atoms with E-state index in [1.165, 1.54) is 12.1 Å². The summed E-state index contributed by atoms with van der Waals surface area (Å²) in [5.41, 5.74) is 0.200. The number of halogens is 1. The summed E-state index contributed by atoms with van der Waals surface area (Å²) in [7, 11) is -3.89. The van der Waals surface area contributed by atoms with Crippen molar-refractivity contribution in [3.8, 4) is 0 Å². The average Bonchev–Trinajstić information content (AvgIpc) is 2.28. The summed E-state index contributed by atoms with van der Waals surface area (Å²) in [4.78, 5) is -0.261. The van der Waals surface area contributed by atoms with E-state index in [1.54, 1.807) is 6.92 Å². The number of primary sulfonamides is 1. The molecule has 8 heteroatoms. The van der Waals surface area contributed by atoms with Crippen LogP contribution in [0.4, 0.5) is 10.1 Å². The fourth-order valence-electron chi connectivity index (χ4n) is 1.41. The Hall–Kier alpha value is -1.22. The van der Waals surface area contributed by atoms with Crippen molar-refractivity contribution in [2.75, 3.05) is 25.0 Å². The molecule has 0 saturated heterocycles. The molecule has 108 valence electrons. The largest absolute Gasteiger partial charge is 0.392 e. The van der Waals surface area contributed by atoms with Gasteiger partial charge in [-0.15, -0.1) is 0 Å². The lowest BCUT2D eigenvalue weighted by atomic mass is 10.3. The molecule has 1 rings (SSSR count). The standard InChI is InChI=1S/C11H18FN3O3S/c1-8(16)7-14-4-5-15-11-3-2-9(6-10(11)12)19(13,17)18/h2-3,6,8,14-16H,4-5,7H2,1H3,(H2,13,17,18). The highest BCUT2D eigenvalue weighted by molar-refractivity contribution is 7.89. The molecule has 0 aliphatic heterocycles. The lowest BCUT2D eigenvalue weighted by molar-refractivity contribution is 0.192. The molecule has 19 heavy (non-hydrogen) atoms. The van der Waals surface area contributed by atoms with E-state index in [4.69, 9.17) is 10.2 Å². The number of anilines is 1. The van der Waals surface area contributed by atoms with Crippen LogP contribution in [0.15, 0.2) is 23.1 Å². The van der Waals surface area contributed by atoms with E-state index in [1.807, 2.05) is 0 Å². The highest BCUT2D eigenvalue weighted by Crippen LogP contribution is 2.17. The van der Waals surface area contributed by atoms with E-state index < -0.39 is 21.9 Å². The van der Waals surface area contributed by atoms with Crippen LogP contribution >= 0.6 is 0 Å². The molecule has 0 aliphatic rings. The number of nitrogens with one attached hydrogen (secondary N) is 2. The third-order valence-electron chi connectivity index (χ3n) is 2.33. The first-order chi connectivity index (χ1) is 8.80. The minimum Gasteiger partial charge on any atom is -0.392 e. The molecular formula is C11H18FN3O3S. The van der Waals surface area contributed by atoms with Gasteiger partial charge in [0, 0.05) is 19.6 Å². The number of hydrogen-bond donors (Lipinski definition) is 4. The maximum absolute atomic E-state index is 13.6. The summed E-state index contributed by atoms with van der Waals surface area (Å²) in [6.07, 6.45) is -0.439. The second-order valence-corrected chi connectivity index (χ2v) is 5.73. The quantitative estimate of drug-likeness (QED) is 0.523. The monoisotopic (exact) mass is 291 g/mol. The first-order valence-corrected chi connectivity index (χ1v) is 7.30. The Balaban J connectivity index is 2.52. The van der Waals surface area contributed by atoms with Crippen molar-refractivity contribution in [2.24, 2.45) is 5.14 Å². The van der Waals surface area contributed by atoms with Gasteiger partial charge in [-0.3, -0.25) is 0 Å². The van der Waals surface area contributed by atoms with Crippen molar-refractivity contribution in [3.05, 3.63) is 24.0 Å². The smallest absolute Gasteiger partial charge is 0.238 e. The minimum atomic E-state index is -3.89. The predicted octanol–water partition coefficient (Wildman–Crippen LogP) is -0.145. The third-order valence-corrected chi connectivity index (χ3v) is 3.24. The third kappa shape index (κ3) is 5.52. The molecule has 0 bridgehead atoms. The van der Waals surface area contributed by atoms with Crippen LogP contribution < -0.4 is 15.8 Å². The van der Waals surface area contributed by atoms with Crippen LogP contribution in [0.25, 0.3) is 0 Å². The van der Waals surface area contributed by atoms with Gasteiger partial charge in [-0.2, -0.15) is 0 Å². The molecule has 0 amide bonds. The van der Waals surface area contributed by atoms with E-state index in [9.17, 15) is 12.8 Å². The van der Waals surface area contributed by atoms with E-state index in [-0.39, 0.29) is 10.6 Å². The second-order valence-electron chi connectivity index (χ2n) is 4.17. The van der Waals surface area contributed by atoms with E-state index >= 15 is 0 Å². The van der Waals surface area contributed by atoms with Crippen LogP contribution in [-0.4, -0.2) is 39.3 Å². The zero-order valence-corrected chi connectivity index (χ0v) is 11.4. The Morgan fingerprint density at radius 3 is 2.63 bits per heavy atom. The number of sulfonamides is 1. The fourth-order valence-corrected chi connectivity index (χ4v) is 1.94. The molecule has 0 fully saturated rings. The van der Waals surface area contributed by atoms with Gasteiger partial charge in [-0.25, -0.2) is 17.9 Å². The normalized spacial score (nSPS) is 13.3. The summed E-state index contributed by atoms with van der Waals surface area (Å²) in [5, 5.41) is 19.7. The second kappa shape index (κ2) is 6.80. The number of rotatable bonds is 7. The Labute approximate surface area is 111 Å². The van der Waals surface area contributed by atoms with Gasteiger partial charge < -0.3 is 15.7 Å². The van der Waals surface area contributed by atoms with E-state index in [0.717, 1.165) is 6.07 Å². The van der Waals surface area contributed by atoms with Gasteiger partial charge >= 0.3 is 0 Å². The molecule has 0 radical (unpaired) electrons. The molecule has 5 N–H and O–H groups in total. The maximum atomic E-state index is 13.6. The van der Waals surface area contributed by atoms with Crippen LogP contribution in [0.3, 0.4) is 0 Å². The summed E-state index contributed by atoms with van der Waals surface area (Å²) in [6, 6.07) is 3.44. The Kier molecular flexibility index (Phi) is 5.67. The van der Waals surface area contributed by atoms with Crippen LogP contribution in [0, 0.1) is 5.82 Å². The Morgan fingerprint density at radius 1 is 1.42 bits per heavy atom. The number of nitrogens with two attached hydrogens (primary N) is 1. The van der Waals surface area contributed by atoms with Crippen molar-refractivity contribution in [3.63, 3.8) is 0 Å². The Morgan fingerprint density at radius 2 is 2.11 bits per heavy atom. The van der Waals surface area contributed by atoms with Crippen molar-refractivity contribution >= 4 is 15.7 Å². The number of aliphatic hydroxyl groups excluding tert-OH is 1. The molecule has 1 unspecified atom stereocenters. The number of aliphatic hydroxyl groups is 1.